The number of rotatable bonds is 6. The van der Waals surface area contributed by atoms with Crippen molar-refractivity contribution in [2.75, 3.05) is 64.2 Å². The molecule has 5 heterocycles. The lowest BCUT2D eigenvalue weighted by molar-refractivity contribution is -0.143. The third kappa shape index (κ3) is 6.93. The molecule has 4 amide bonds. The third-order valence-electron chi connectivity index (χ3n) is 10.6. The number of urea groups is 1. The zero-order chi connectivity index (χ0) is 33.2. The van der Waals surface area contributed by atoms with Crippen LogP contribution in [0.15, 0.2) is 41.2 Å². The Morgan fingerprint density at radius 1 is 0.875 bits per heavy atom. The largest absolute Gasteiger partial charge is 0.436 e. The minimum atomic E-state index is -1.00. The van der Waals surface area contributed by atoms with Gasteiger partial charge in [0.1, 0.15) is 0 Å². The lowest BCUT2D eigenvalue weighted by Gasteiger charge is -2.41. The highest BCUT2D eigenvalue weighted by Crippen LogP contribution is 2.26. The summed E-state index contributed by atoms with van der Waals surface area (Å²) >= 11 is 0. The summed E-state index contributed by atoms with van der Waals surface area (Å²) in [5, 5.41) is 6.47. The van der Waals surface area contributed by atoms with Crippen LogP contribution in [0.1, 0.15) is 42.4 Å². The van der Waals surface area contributed by atoms with E-state index < -0.39 is 12.2 Å². The van der Waals surface area contributed by atoms with Crippen LogP contribution in [0.2, 0.25) is 0 Å². The number of carbonyl (C=O) groups excluding carboxylic acids is 3. The van der Waals surface area contributed by atoms with E-state index in [0.717, 1.165) is 73.3 Å². The standard InChI is InChI=1S/C35H46N8O5/c1-23-20-24(21-29-31(23)39-33(45)37-29)22-30(32(44)41-18-16-40(17-19-41)26-6-11-36-12-7-26)48-35(47)42-13-9-27(10-14-42)43-15-8-25-4-2-3-5-28(25)38-34(43)46/h2-5,20-21,26-27,30,36H,6-19,22H2,1H3,(H,38,46)(H2,37,39,45). The topological polar surface area (TPSA) is 146 Å². The second kappa shape index (κ2) is 14.0. The number of imidazole rings is 1. The van der Waals surface area contributed by atoms with E-state index in [1.54, 1.807) is 4.90 Å². The van der Waals surface area contributed by atoms with Gasteiger partial charge in [0.15, 0.2) is 6.10 Å². The Kier molecular flexibility index (Phi) is 9.40. The number of para-hydroxylation sites is 1. The molecule has 7 rings (SSSR count). The smallest absolute Gasteiger partial charge is 0.410 e. The van der Waals surface area contributed by atoms with Crippen LogP contribution in [0.3, 0.4) is 0 Å². The molecular formula is C35H46N8O5. The molecular weight excluding hydrogens is 612 g/mol. The molecule has 0 radical (unpaired) electrons. The van der Waals surface area contributed by atoms with Crippen molar-refractivity contribution >= 4 is 34.8 Å². The first-order valence-electron chi connectivity index (χ1n) is 17.4. The Morgan fingerprint density at radius 3 is 2.40 bits per heavy atom. The molecule has 48 heavy (non-hydrogen) atoms. The van der Waals surface area contributed by atoms with Gasteiger partial charge in [-0.1, -0.05) is 24.3 Å². The highest BCUT2D eigenvalue weighted by Gasteiger charge is 2.36. The number of hydrogen-bond acceptors (Lipinski definition) is 7. The van der Waals surface area contributed by atoms with Crippen molar-refractivity contribution in [2.45, 2.75) is 63.6 Å². The van der Waals surface area contributed by atoms with Crippen LogP contribution in [-0.2, 0) is 22.4 Å². The number of H-pyrrole nitrogens is 2. The van der Waals surface area contributed by atoms with Crippen molar-refractivity contribution in [1.29, 1.82) is 0 Å². The Hall–Kier alpha value is -4.36. The van der Waals surface area contributed by atoms with Crippen molar-refractivity contribution in [1.82, 2.24) is 34.9 Å². The summed E-state index contributed by atoms with van der Waals surface area (Å²) in [4.78, 5) is 66.3. The molecule has 4 aliphatic heterocycles. The highest BCUT2D eigenvalue weighted by molar-refractivity contribution is 5.91. The second-order valence-corrected chi connectivity index (χ2v) is 13.6. The Labute approximate surface area is 280 Å². The molecule has 1 aromatic heterocycles. The number of hydrogen-bond donors (Lipinski definition) is 4. The lowest BCUT2D eigenvalue weighted by atomic mass is 10.0. The van der Waals surface area contributed by atoms with E-state index in [1.807, 2.05) is 53.1 Å². The number of piperazine rings is 1. The van der Waals surface area contributed by atoms with E-state index in [2.05, 4.69) is 25.5 Å². The fourth-order valence-electron chi connectivity index (χ4n) is 7.88. The van der Waals surface area contributed by atoms with Gasteiger partial charge < -0.3 is 40.0 Å². The molecule has 4 aliphatic rings. The zero-order valence-electron chi connectivity index (χ0n) is 27.6. The van der Waals surface area contributed by atoms with Crippen molar-refractivity contribution in [3.8, 4) is 0 Å². The quantitative estimate of drug-likeness (QED) is 0.319. The number of aromatic nitrogens is 2. The maximum Gasteiger partial charge on any atom is 0.410 e. The molecule has 3 fully saturated rings. The molecule has 13 nitrogen and oxygen atoms in total. The highest BCUT2D eigenvalue weighted by atomic mass is 16.6. The minimum absolute atomic E-state index is 0.00948. The van der Waals surface area contributed by atoms with E-state index in [-0.39, 0.29) is 30.1 Å². The Morgan fingerprint density at radius 2 is 1.62 bits per heavy atom. The molecule has 0 bridgehead atoms. The van der Waals surface area contributed by atoms with Gasteiger partial charge in [-0.2, -0.15) is 0 Å². The number of anilines is 1. The van der Waals surface area contributed by atoms with Crippen molar-refractivity contribution < 1.29 is 19.1 Å². The average Bonchev–Trinajstić information content (AvgIpc) is 3.40. The van der Waals surface area contributed by atoms with Crippen LogP contribution in [0.25, 0.3) is 11.0 Å². The van der Waals surface area contributed by atoms with Crippen LogP contribution in [-0.4, -0.2) is 125 Å². The molecule has 3 saturated heterocycles. The van der Waals surface area contributed by atoms with Gasteiger partial charge in [-0.15, -0.1) is 0 Å². The van der Waals surface area contributed by atoms with Crippen LogP contribution < -0.4 is 16.3 Å². The first-order chi connectivity index (χ1) is 23.3. The number of fused-ring (bicyclic) bond motifs is 2. The fourth-order valence-corrected chi connectivity index (χ4v) is 7.88. The maximum atomic E-state index is 14.1. The normalized spacial score (nSPS) is 20.7. The number of aryl methyl sites for hydroxylation is 1. The predicted molar refractivity (Wildman–Crippen MR) is 182 cm³/mol. The van der Waals surface area contributed by atoms with Crippen molar-refractivity contribution in [3.63, 3.8) is 0 Å². The van der Waals surface area contributed by atoms with Crippen LogP contribution in [0, 0.1) is 6.92 Å². The number of aromatic amines is 2. The van der Waals surface area contributed by atoms with Gasteiger partial charge in [0, 0.05) is 70.0 Å². The first kappa shape index (κ1) is 32.2. The van der Waals surface area contributed by atoms with Gasteiger partial charge in [-0.05, 0) is 80.9 Å². The molecule has 256 valence electrons. The molecule has 2 aromatic carbocycles. The predicted octanol–water partition coefficient (Wildman–Crippen LogP) is 2.66. The Balaban J connectivity index is 1.01. The van der Waals surface area contributed by atoms with Gasteiger partial charge in [0.2, 0.25) is 0 Å². The van der Waals surface area contributed by atoms with E-state index in [4.69, 9.17) is 4.74 Å². The molecule has 1 atom stereocenters. The number of piperidine rings is 2. The van der Waals surface area contributed by atoms with Crippen LogP contribution >= 0.6 is 0 Å². The van der Waals surface area contributed by atoms with E-state index >= 15 is 0 Å². The molecule has 3 aromatic rings. The molecule has 13 heteroatoms. The molecule has 0 spiro atoms. The first-order valence-corrected chi connectivity index (χ1v) is 17.4. The van der Waals surface area contributed by atoms with Gasteiger partial charge >= 0.3 is 17.8 Å². The molecule has 1 unspecified atom stereocenters. The third-order valence-corrected chi connectivity index (χ3v) is 10.6. The summed E-state index contributed by atoms with van der Waals surface area (Å²) in [6.45, 7) is 8.23. The van der Waals surface area contributed by atoms with E-state index in [9.17, 15) is 19.2 Å². The number of nitrogens with one attached hydrogen (secondary N) is 4. The van der Waals surface area contributed by atoms with E-state index in [0.29, 0.717) is 57.1 Å². The maximum absolute atomic E-state index is 14.1. The summed E-state index contributed by atoms with van der Waals surface area (Å²) in [5.41, 5.74) is 4.75. The number of benzene rings is 2. The van der Waals surface area contributed by atoms with Gasteiger partial charge in [0.05, 0.1) is 11.0 Å². The Bertz CT molecular complexity index is 1700. The number of ether oxygens (including phenoxy) is 1. The number of carbonyl (C=O) groups is 3. The second-order valence-electron chi connectivity index (χ2n) is 13.6. The molecule has 0 saturated carbocycles. The number of likely N-dealkylation sites (tertiary alicyclic amines) is 1. The summed E-state index contributed by atoms with van der Waals surface area (Å²) < 4.78 is 6.07. The summed E-state index contributed by atoms with van der Waals surface area (Å²) in [6.07, 6.45) is 2.95. The van der Waals surface area contributed by atoms with Gasteiger partial charge in [-0.25, -0.2) is 14.4 Å². The summed E-state index contributed by atoms with van der Waals surface area (Å²) in [7, 11) is 0. The number of amides is 4. The van der Waals surface area contributed by atoms with Gasteiger partial charge in [-0.3, -0.25) is 9.69 Å². The molecule has 4 N–H and O–H groups in total. The average molecular weight is 659 g/mol. The van der Waals surface area contributed by atoms with Crippen LogP contribution in [0.4, 0.5) is 15.3 Å². The van der Waals surface area contributed by atoms with Gasteiger partial charge in [0.25, 0.3) is 5.91 Å². The number of nitrogens with zero attached hydrogens (tertiary/aromatic N) is 4. The van der Waals surface area contributed by atoms with E-state index in [1.165, 1.54) is 0 Å². The summed E-state index contributed by atoms with van der Waals surface area (Å²) in [5.74, 6) is -0.190. The van der Waals surface area contributed by atoms with Crippen LogP contribution in [0.5, 0.6) is 0 Å². The fraction of sp³-hybridized carbons (Fsp3) is 0.543. The SMILES string of the molecule is Cc1cc(CC(OC(=O)N2CCC(N3CCc4ccccc4NC3=O)CC2)C(=O)N2CCN(C3CCNCC3)CC2)cc2[nH]c(=O)[nH]c12. The van der Waals surface area contributed by atoms with Crippen molar-refractivity contribution in [3.05, 3.63) is 63.6 Å². The van der Waals surface area contributed by atoms with Crippen molar-refractivity contribution in [2.24, 2.45) is 0 Å². The zero-order valence-corrected chi connectivity index (χ0v) is 27.6. The monoisotopic (exact) mass is 658 g/mol. The molecule has 0 aliphatic carbocycles. The summed E-state index contributed by atoms with van der Waals surface area (Å²) in [6, 6.07) is 12.1. The lowest BCUT2D eigenvalue weighted by Crippen LogP contribution is -2.56. The minimum Gasteiger partial charge on any atom is -0.436 e.